The van der Waals surface area contributed by atoms with Crippen LogP contribution in [0.3, 0.4) is 0 Å². The van der Waals surface area contributed by atoms with E-state index in [1.165, 1.54) is 6.92 Å². The van der Waals surface area contributed by atoms with Crippen molar-refractivity contribution in [2.24, 2.45) is 5.92 Å². The quantitative estimate of drug-likeness (QED) is 0.849. The highest BCUT2D eigenvalue weighted by molar-refractivity contribution is 5.82. The Bertz CT molecular complexity index is 414. The largest absolute Gasteiger partial charge is 0.481 e. The SMILES string of the molecule is CC(=O)N1CCCC(C(=O)N(CCC(=O)O)C(C)(C)C)C1. The Morgan fingerprint density at radius 2 is 1.90 bits per heavy atom. The van der Waals surface area contributed by atoms with E-state index in [1.807, 2.05) is 20.8 Å². The molecule has 0 aromatic heterocycles. The first-order chi connectivity index (χ1) is 9.62. The normalized spacial score (nSPS) is 19.2. The summed E-state index contributed by atoms with van der Waals surface area (Å²) in [5, 5.41) is 8.84. The van der Waals surface area contributed by atoms with Crippen LogP contribution in [0.2, 0.25) is 0 Å². The number of carboxylic acids is 1. The zero-order chi connectivity index (χ0) is 16.2. The lowest BCUT2D eigenvalue weighted by molar-refractivity contribution is -0.145. The van der Waals surface area contributed by atoms with Gasteiger partial charge in [0.05, 0.1) is 12.3 Å². The standard InChI is InChI=1S/C15H26N2O4/c1-11(18)16-8-5-6-12(10-16)14(21)17(15(2,3)4)9-7-13(19)20/h12H,5-10H2,1-4H3,(H,19,20). The van der Waals surface area contributed by atoms with Gasteiger partial charge in [0.1, 0.15) is 0 Å². The minimum atomic E-state index is -0.911. The maximum absolute atomic E-state index is 12.7. The summed E-state index contributed by atoms with van der Waals surface area (Å²) in [4.78, 5) is 38.3. The molecule has 1 aliphatic rings. The molecule has 1 saturated heterocycles. The number of rotatable bonds is 4. The Kier molecular flexibility index (Phi) is 5.75. The second-order valence-electron chi connectivity index (χ2n) is 6.61. The first-order valence-corrected chi connectivity index (χ1v) is 7.41. The van der Waals surface area contributed by atoms with E-state index >= 15 is 0 Å². The Hall–Kier alpha value is -1.59. The van der Waals surface area contributed by atoms with Crippen LogP contribution >= 0.6 is 0 Å². The van der Waals surface area contributed by atoms with Gasteiger partial charge in [0.15, 0.2) is 0 Å². The topological polar surface area (TPSA) is 77.9 Å². The van der Waals surface area contributed by atoms with Crippen molar-refractivity contribution in [3.05, 3.63) is 0 Å². The van der Waals surface area contributed by atoms with Crippen molar-refractivity contribution in [2.75, 3.05) is 19.6 Å². The summed E-state index contributed by atoms with van der Waals surface area (Å²) in [6.07, 6.45) is 1.50. The van der Waals surface area contributed by atoms with Crippen molar-refractivity contribution in [3.8, 4) is 0 Å². The summed E-state index contributed by atoms with van der Waals surface area (Å²) < 4.78 is 0. The molecule has 21 heavy (non-hydrogen) atoms. The van der Waals surface area contributed by atoms with E-state index in [1.54, 1.807) is 9.80 Å². The molecule has 0 aromatic carbocycles. The maximum atomic E-state index is 12.7. The van der Waals surface area contributed by atoms with Crippen LogP contribution in [0.5, 0.6) is 0 Å². The highest BCUT2D eigenvalue weighted by Gasteiger charge is 2.34. The van der Waals surface area contributed by atoms with Crippen molar-refractivity contribution in [3.63, 3.8) is 0 Å². The zero-order valence-electron chi connectivity index (χ0n) is 13.4. The number of piperidine rings is 1. The predicted octanol–water partition coefficient (Wildman–Crippen LogP) is 1.35. The molecule has 2 amide bonds. The number of carbonyl (C=O) groups excluding carboxylic acids is 2. The van der Waals surface area contributed by atoms with Crippen molar-refractivity contribution in [2.45, 2.75) is 52.5 Å². The van der Waals surface area contributed by atoms with Gasteiger partial charge in [0.2, 0.25) is 11.8 Å². The summed E-state index contributed by atoms with van der Waals surface area (Å²) in [5.74, 6) is -1.20. The van der Waals surface area contributed by atoms with Gasteiger partial charge >= 0.3 is 5.97 Å². The molecule has 1 unspecified atom stereocenters. The van der Waals surface area contributed by atoms with E-state index < -0.39 is 11.5 Å². The van der Waals surface area contributed by atoms with E-state index in [4.69, 9.17) is 5.11 Å². The molecule has 0 spiro atoms. The predicted molar refractivity (Wildman–Crippen MR) is 78.7 cm³/mol. The Labute approximate surface area is 126 Å². The molecule has 1 heterocycles. The van der Waals surface area contributed by atoms with E-state index in [0.29, 0.717) is 13.1 Å². The number of nitrogens with zero attached hydrogens (tertiary/aromatic N) is 2. The molecular formula is C15H26N2O4. The van der Waals surface area contributed by atoms with Crippen molar-refractivity contribution < 1.29 is 19.5 Å². The minimum Gasteiger partial charge on any atom is -0.481 e. The smallest absolute Gasteiger partial charge is 0.305 e. The Balaban J connectivity index is 2.79. The average Bonchev–Trinajstić information content (AvgIpc) is 2.36. The van der Waals surface area contributed by atoms with Gasteiger partial charge in [-0.2, -0.15) is 0 Å². The summed E-state index contributed by atoms with van der Waals surface area (Å²) in [5.41, 5.74) is -0.426. The van der Waals surface area contributed by atoms with E-state index in [-0.39, 0.29) is 30.7 Å². The maximum Gasteiger partial charge on any atom is 0.305 e. The van der Waals surface area contributed by atoms with Crippen LogP contribution in [0.15, 0.2) is 0 Å². The average molecular weight is 298 g/mol. The molecule has 0 saturated carbocycles. The highest BCUT2D eigenvalue weighted by Crippen LogP contribution is 2.23. The van der Waals surface area contributed by atoms with Crippen LogP contribution in [-0.2, 0) is 14.4 Å². The first-order valence-electron chi connectivity index (χ1n) is 7.41. The molecule has 0 aromatic rings. The van der Waals surface area contributed by atoms with Crippen molar-refractivity contribution >= 4 is 17.8 Å². The molecule has 1 atom stereocenters. The van der Waals surface area contributed by atoms with Gasteiger partial charge in [-0.15, -0.1) is 0 Å². The number of hydrogen-bond acceptors (Lipinski definition) is 3. The number of carboxylic acid groups (broad SMARTS) is 1. The molecule has 1 N–H and O–H groups in total. The third kappa shape index (κ3) is 5.02. The van der Waals surface area contributed by atoms with Crippen molar-refractivity contribution in [1.29, 1.82) is 0 Å². The fourth-order valence-electron chi connectivity index (χ4n) is 2.67. The minimum absolute atomic E-state index is 0.0136. The van der Waals surface area contributed by atoms with Gasteiger partial charge in [0.25, 0.3) is 0 Å². The van der Waals surface area contributed by atoms with Crippen LogP contribution in [-0.4, -0.2) is 57.9 Å². The zero-order valence-corrected chi connectivity index (χ0v) is 13.4. The Morgan fingerprint density at radius 1 is 1.29 bits per heavy atom. The molecule has 120 valence electrons. The molecule has 1 aliphatic heterocycles. The Morgan fingerprint density at radius 3 is 2.38 bits per heavy atom. The molecule has 6 nitrogen and oxygen atoms in total. The number of likely N-dealkylation sites (tertiary alicyclic amines) is 1. The van der Waals surface area contributed by atoms with Crippen LogP contribution in [0.25, 0.3) is 0 Å². The van der Waals surface area contributed by atoms with Gasteiger partial charge in [-0.05, 0) is 33.6 Å². The van der Waals surface area contributed by atoms with E-state index in [2.05, 4.69) is 0 Å². The molecule has 1 rings (SSSR count). The lowest BCUT2D eigenvalue weighted by atomic mass is 9.93. The number of amides is 2. The summed E-state index contributed by atoms with van der Waals surface area (Å²) in [6, 6.07) is 0. The third-order valence-electron chi connectivity index (χ3n) is 3.84. The number of hydrogen-bond donors (Lipinski definition) is 1. The van der Waals surface area contributed by atoms with Crippen LogP contribution in [0.1, 0.15) is 47.0 Å². The number of carbonyl (C=O) groups is 3. The number of aliphatic carboxylic acids is 1. The van der Waals surface area contributed by atoms with Crippen molar-refractivity contribution in [1.82, 2.24) is 9.80 Å². The lowest BCUT2D eigenvalue weighted by Gasteiger charge is -2.40. The molecule has 0 aliphatic carbocycles. The summed E-state index contributed by atoms with van der Waals surface area (Å²) >= 11 is 0. The van der Waals surface area contributed by atoms with Gasteiger partial charge < -0.3 is 14.9 Å². The fraction of sp³-hybridized carbons (Fsp3) is 0.800. The van der Waals surface area contributed by atoms with Gasteiger partial charge in [-0.3, -0.25) is 14.4 Å². The molecule has 0 bridgehead atoms. The second-order valence-corrected chi connectivity index (χ2v) is 6.61. The van der Waals surface area contributed by atoms with Gasteiger partial charge in [-0.25, -0.2) is 0 Å². The first kappa shape index (κ1) is 17.5. The van der Waals surface area contributed by atoms with Gasteiger partial charge in [-0.1, -0.05) is 0 Å². The van der Waals surface area contributed by atoms with Crippen LogP contribution in [0.4, 0.5) is 0 Å². The second kappa shape index (κ2) is 6.91. The fourth-order valence-corrected chi connectivity index (χ4v) is 2.67. The highest BCUT2D eigenvalue weighted by atomic mass is 16.4. The molecular weight excluding hydrogens is 272 g/mol. The van der Waals surface area contributed by atoms with Crippen LogP contribution in [0, 0.1) is 5.92 Å². The molecule has 0 radical (unpaired) electrons. The lowest BCUT2D eigenvalue weighted by Crippen LogP contribution is -2.52. The third-order valence-corrected chi connectivity index (χ3v) is 3.84. The summed E-state index contributed by atoms with van der Waals surface area (Å²) in [6.45, 7) is 8.56. The van der Waals surface area contributed by atoms with E-state index in [0.717, 1.165) is 12.8 Å². The van der Waals surface area contributed by atoms with Gasteiger partial charge in [0, 0.05) is 32.1 Å². The summed E-state index contributed by atoms with van der Waals surface area (Å²) in [7, 11) is 0. The molecule has 1 fully saturated rings. The monoisotopic (exact) mass is 298 g/mol. The molecule has 6 heteroatoms. The van der Waals surface area contributed by atoms with E-state index in [9.17, 15) is 14.4 Å². The van der Waals surface area contributed by atoms with Crippen LogP contribution < -0.4 is 0 Å².